The molecule has 0 radical (unpaired) electrons. The zero-order valence-electron chi connectivity index (χ0n) is 8.53. The van der Waals surface area contributed by atoms with Crippen LogP contribution >= 0.6 is 15.9 Å². The summed E-state index contributed by atoms with van der Waals surface area (Å²) in [6.45, 7) is 1.36. The molecule has 0 bridgehead atoms. The largest absolute Gasteiger partial charge is 0.478 e. The minimum Gasteiger partial charge on any atom is -0.478 e. The van der Waals surface area contributed by atoms with Gasteiger partial charge in [0, 0.05) is 21.8 Å². The van der Waals surface area contributed by atoms with Crippen molar-refractivity contribution in [1.29, 1.82) is 0 Å². The third-order valence-electron chi connectivity index (χ3n) is 1.80. The normalized spacial score (nSPS) is 11.0. The van der Waals surface area contributed by atoms with Crippen molar-refractivity contribution in [2.45, 2.75) is 6.92 Å². The van der Waals surface area contributed by atoms with Crippen LogP contribution in [-0.4, -0.2) is 17.0 Å². The Morgan fingerprint density at radius 3 is 2.38 bits per heavy atom. The molecular formula is C11H10BrNO3. The smallest absolute Gasteiger partial charge is 0.331 e. The lowest BCUT2D eigenvalue weighted by Crippen LogP contribution is -2.10. The Bertz CT molecular complexity index is 437. The fraction of sp³-hybridized carbons (Fsp3) is 0.0909. The van der Waals surface area contributed by atoms with E-state index in [4.69, 9.17) is 5.11 Å². The maximum Gasteiger partial charge on any atom is 0.331 e. The number of hydrogen-bond acceptors (Lipinski definition) is 2. The van der Waals surface area contributed by atoms with Gasteiger partial charge < -0.3 is 10.4 Å². The maximum absolute atomic E-state index is 11.3. The Morgan fingerprint density at radius 2 is 1.88 bits per heavy atom. The van der Waals surface area contributed by atoms with E-state index in [0.717, 1.165) is 10.5 Å². The molecular weight excluding hydrogens is 274 g/mol. The van der Waals surface area contributed by atoms with Crippen molar-refractivity contribution < 1.29 is 14.7 Å². The lowest BCUT2D eigenvalue weighted by molar-refractivity contribution is -0.132. The molecule has 0 aliphatic rings. The fourth-order valence-corrected chi connectivity index (χ4v) is 1.23. The van der Waals surface area contributed by atoms with Gasteiger partial charge in [-0.1, -0.05) is 15.9 Å². The Balaban J connectivity index is 2.68. The van der Waals surface area contributed by atoms with Crippen molar-refractivity contribution in [2.24, 2.45) is 0 Å². The first kappa shape index (κ1) is 12.4. The van der Waals surface area contributed by atoms with Crippen LogP contribution in [0.15, 0.2) is 40.4 Å². The number of benzene rings is 1. The lowest BCUT2D eigenvalue weighted by atomic mass is 10.2. The molecule has 2 N–H and O–H groups in total. The molecule has 5 heteroatoms. The van der Waals surface area contributed by atoms with Gasteiger partial charge >= 0.3 is 5.97 Å². The van der Waals surface area contributed by atoms with Gasteiger partial charge in [-0.05, 0) is 31.2 Å². The van der Waals surface area contributed by atoms with Crippen molar-refractivity contribution in [3.05, 3.63) is 40.4 Å². The summed E-state index contributed by atoms with van der Waals surface area (Å²) in [5, 5.41) is 11.1. The summed E-state index contributed by atoms with van der Waals surface area (Å²) >= 11 is 3.27. The van der Waals surface area contributed by atoms with Gasteiger partial charge in [-0.15, -0.1) is 0 Å². The van der Waals surface area contributed by atoms with Gasteiger partial charge in [0.25, 0.3) is 0 Å². The van der Waals surface area contributed by atoms with Crippen molar-refractivity contribution >= 4 is 33.5 Å². The number of hydrogen-bond donors (Lipinski definition) is 2. The highest BCUT2D eigenvalue weighted by molar-refractivity contribution is 9.10. The maximum atomic E-state index is 11.3. The molecule has 0 spiro atoms. The van der Waals surface area contributed by atoms with Crippen molar-refractivity contribution in [2.75, 3.05) is 5.32 Å². The molecule has 0 unspecified atom stereocenters. The molecule has 0 saturated heterocycles. The van der Waals surface area contributed by atoms with Gasteiger partial charge in [0.05, 0.1) is 0 Å². The number of amides is 1. The number of anilines is 1. The molecule has 1 amide bonds. The van der Waals surface area contributed by atoms with Crippen LogP contribution in [-0.2, 0) is 9.59 Å². The number of carboxylic acids is 1. The van der Waals surface area contributed by atoms with E-state index >= 15 is 0 Å². The van der Waals surface area contributed by atoms with Crippen molar-refractivity contribution in [3.63, 3.8) is 0 Å². The second-order valence-electron chi connectivity index (χ2n) is 3.13. The zero-order chi connectivity index (χ0) is 12.1. The number of halogens is 1. The van der Waals surface area contributed by atoms with E-state index in [9.17, 15) is 9.59 Å². The van der Waals surface area contributed by atoms with Gasteiger partial charge in [-0.2, -0.15) is 0 Å². The Hall–Kier alpha value is -1.62. The summed E-state index contributed by atoms with van der Waals surface area (Å²) < 4.78 is 0.905. The van der Waals surface area contributed by atoms with E-state index in [1.807, 2.05) is 0 Å². The van der Waals surface area contributed by atoms with E-state index in [1.165, 1.54) is 6.92 Å². The van der Waals surface area contributed by atoms with Crippen LogP contribution in [0.5, 0.6) is 0 Å². The van der Waals surface area contributed by atoms with Gasteiger partial charge in [-0.25, -0.2) is 4.79 Å². The number of nitrogens with one attached hydrogen (secondary N) is 1. The first-order valence-corrected chi connectivity index (χ1v) is 5.26. The predicted molar refractivity (Wildman–Crippen MR) is 64.2 cm³/mol. The molecule has 1 aromatic carbocycles. The van der Waals surface area contributed by atoms with Gasteiger partial charge in [-0.3, -0.25) is 4.79 Å². The summed E-state index contributed by atoms with van der Waals surface area (Å²) in [6, 6.07) is 6.99. The van der Waals surface area contributed by atoms with Crippen LogP contribution in [0, 0.1) is 0 Å². The number of carbonyl (C=O) groups is 2. The lowest BCUT2D eigenvalue weighted by Gasteiger charge is -2.02. The van der Waals surface area contributed by atoms with Crippen LogP contribution in [0.4, 0.5) is 5.69 Å². The van der Waals surface area contributed by atoms with Crippen LogP contribution in [0.1, 0.15) is 6.92 Å². The first-order valence-electron chi connectivity index (χ1n) is 4.47. The van der Waals surface area contributed by atoms with Crippen LogP contribution in [0.3, 0.4) is 0 Å². The van der Waals surface area contributed by atoms with E-state index in [1.54, 1.807) is 24.3 Å². The van der Waals surface area contributed by atoms with Gasteiger partial charge in [0.15, 0.2) is 0 Å². The highest BCUT2D eigenvalue weighted by Crippen LogP contribution is 2.14. The third-order valence-corrected chi connectivity index (χ3v) is 2.33. The minimum absolute atomic E-state index is 0.00499. The standard InChI is InChI=1S/C11H10BrNO3/c1-7(11(15)16)6-10(14)13-9-4-2-8(12)3-5-9/h2-6H,1H3,(H,13,14)(H,15,16)/b7-6+. The molecule has 16 heavy (non-hydrogen) atoms. The number of carbonyl (C=O) groups excluding carboxylic acids is 1. The Labute approximate surface area is 101 Å². The summed E-state index contributed by atoms with van der Waals surface area (Å²) in [4.78, 5) is 21.8. The minimum atomic E-state index is -1.11. The average molecular weight is 284 g/mol. The molecule has 0 saturated carbocycles. The van der Waals surface area contributed by atoms with E-state index < -0.39 is 11.9 Å². The van der Waals surface area contributed by atoms with Crippen LogP contribution in [0.25, 0.3) is 0 Å². The van der Waals surface area contributed by atoms with E-state index in [0.29, 0.717) is 5.69 Å². The summed E-state index contributed by atoms with van der Waals surface area (Å²) in [6.07, 6.45) is 1.05. The molecule has 0 atom stereocenters. The van der Waals surface area contributed by atoms with Crippen LogP contribution in [0.2, 0.25) is 0 Å². The number of carboxylic acid groups (broad SMARTS) is 1. The molecule has 0 aromatic heterocycles. The summed E-state index contributed by atoms with van der Waals surface area (Å²) in [7, 11) is 0. The Morgan fingerprint density at radius 1 is 1.31 bits per heavy atom. The molecule has 0 fully saturated rings. The molecule has 0 aliphatic carbocycles. The molecule has 0 aliphatic heterocycles. The third kappa shape index (κ3) is 3.86. The Kier molecular flexibility index (Phi) is 4.25. The highest BCUT2D eigenvalue weighted by Gasteiger charge is 2.04. The van der Waals surface area contributed by atoms with Crippen LogP contribution < -0.4 is 5.32 Å². The molecule has 1 rings (SSSR count). The van der Waals surface area contributed by atoms with Crippen molar-refractivity contribution in [1.82, 2.24) is 0 Å². The molecule has 4 nitrogen and oxygen atoms in total. The quantitative estimate of drug-likeness (QED) is 0.838. The summed E-state index contributed by atoms with van der Waals surface area (Å²) in [5.41, 5.74) is 0.609. The molecule has 0 heterocycles. The molecule has 84 valence electrons. The fourth-order valence-electron chi connectivity index (χ4n) is 0.970. The second kappa shape index (κ2) is 5.46. The number of rotatable bonds is 3. The summed E-state index contributed by atoms with van der Waals surface area (Å²) in [5.74, 6) is -1.56. The predicted octanol–water partition coefficient (Wildman–Crippen LogP) is 2.42. The van der Waals surface area contributed by atoms with Crippen molar-refractivity contribution in [3.8, 4) is 0 Å². The average Bonchev–Trinajstić information content (AvgIpc) is 2.21. The van der Waals surface area contributed by atoms with Gasteiger partial charge in [0.2, 0.25) is 5.91 Å². The topological polar surface area (TPSA) is 66.4 Å². The van der Waals surface area contributed by atoms with Gasteiger partial charge in [0.1, 0.15) is 0 Å². The monoisotopic (exact) mass is 283 g/mol. The zero-order valence-corrected chi connectivity index (χ0v) is 10.1. The number of aliphatic carboxylic acids is 1. The first-order chi connectivity index (χ1) is 7.49. The second-order valence-corrected chi connectivity index (χ2v) is 4.04. The van der Waals surface area contributed by atoms with E-state index in [-0.39, 0.29) is 5.57 Å². The highest BCUT2D eigenvalue weighted by atomic mass is 79.9. The molecule has 1 aromatic rings. The SMILES string of the molecule is C/C(=C\C(=O)Nc1ccc(Br)cc1)C(=O)O. The van der Waals surface area contributed by atoms with E-state index in [2.05, 4.69) is 21.2 Å².